The van der Waals surface area contributed by atoms with Gasteiger partial charge in [-0.05, 0) is 6.92 Å². The summed E-state index contributed by atoms with van der Waals surface area (Å²) in [6, 6.07) is 0. The number of carbonyl (C=O) groups is 2. The van der Waals surface area contributed by atoms with Gasteiger partial charge in [0.25, 0.3) is 10.1 Å². The Bertz CT molecular complexity index is 326. The Balaban J connectivity index is -0.000000845. The molecule has 16 heavy (non-hydrogen) atoms. The lowest BCUT2D eigenvalue weighted by molar-refractivity contribution is -0.147. The molecule has 8 N–H and O–H groups in total. The van der Waals surface area contributed by atoms with E-state index in [2.05, 4.69) is 4.74 Å². The second kappa shape index (κ2) is 7.98. The van der Waals surface area contributed by atoms with Gasteiger partial charge in [0.1, 0.15) is 0 Å². The van der Waals surface area contributed by atoms with Gasteiger partial charge in [0, 0.05) is 0 Å². The van der Waals surface area contributed by atoms with E-state index in [-0.39, 0.29) is 18.9 Å². The van der Waals surface area contributed by atoms with Gasteiger partial charge in [-0.1, -0.05) is 0 Å². The minimum Gasteiger partial charge on any atom is -0.481 e. The average Bonchev–Trinajstić information content (AvgIpc) is 1.98. The number of hydrogen-bond donors (Lipinski definition) is 4. The van der Waals surface area contributed by atoms with Crippen molar-refractivity contribution < 1.29 is 32.4 Å². The molecule has 0 bridgehead atoms. The minimum atomic E-state index is -4.74. The highest BCUT2D eigenvalue weighted by Gasteiger charge is 2.34. The Morgan fingerprint density at radius 3 is 2.00 bits per heavy atom. The molecule has 0 fully saturated rings. The topological polar surface area (TPSA) is 188 Å². The smallest absolute Gasteiger partial charge is 0.327 e. The first-order valence-corrected chi connectivity index (χ1v) is 5.14. The average molecular weight is 260 g/mol. The van der Waals surface area contributed by atoms with Crippen molar-refractivity contribution >= 4 is 22.1 Å². The zero-order valence-corrected chi connectivity index (χ0v) is 9.57. The Labute approximate surface area is 92.7 Å². The van der Waals surface area contributed by atoms with E-state index in [1.54, 1.807) is 0 Å². The van der Waals surface area contributed by atoms with E-state index in [1.807, 2.05) is 0 Å². The fourth-order valence-electron chi connectivity index (χ4n) is 0.704. The lowest BCUT2D eigenvalue weighted by Gasteiger charge is -2.09. The number of ether oxygens (including phenoxy) is 1. The molecule has 0 aromatic rings. The molecule has 0 aliphatic rings. The maximum Gasteiger partial charge on any atom is 0.327 e. The van der Waals surface area contributed by atoms with Crippen LogP contribution in [0.3, 0.4) is 0 Å². The maximum absolute atomic E-state index is 10.9. The van der Waals surface area contributed by atoms with Crippen LogP contribution in [0.4, 0.5) is 0 Å². The van der Waals surface area contributed by atoms with Crippen LogP contribution in [0.15, 0.2) is 0 Å². The van der Waals surface area contributed by atoms with Gasteiger partial charge in [-0.3, -0.25) is 14.1 Å². The van der Waals surface area contributed by atoms with Gasteiger partial charge in [0.15, 0.2) is 5.25 Å². The number of esters is 1. The quantitative estimate of drug-likeness (QED) is 0.376. The fraction of sp³-hybridized carbons (Fsp3) is 0.667. The lowest BCUT2D eigenvalue weighted by atomic mass is 10.3. The van der Waals surface area contributed by atoms with Crippen molar-refractivity contribution in [2.75, 3.05) is 6.61 Å². The van der Waals surface area contributed by atoms with Gasteiger partial charge < -0.3 is 22.1 Å². The monoisotopic (exact) mass is 260 g/mol. The first kappa shape index (κ1) is 20.2. The molecule has 0 aromatic carbocycles. The van der Waals surface area contributed by atoms with E-state index >= 15 is 0 Å². The first-order chi connectivity index (χ1) is 6.29. The summed E-state index contributed by atoms with van der Waals surface area (Å²) in [5.74, 6) is -2.78. The molecule has 0 saturated heterocycles. The van der Waals surface area contributed by atoms with Crippen molar-refractivity contribution in [2.24, 2.45) is 0 Å². The molecule has 0 saturated carbocycles. The van der Waals surface area contributed by atoms with Crippen molar-refractivity contribution in [3.63, 3.8) is 0 Å². The Kier molecular flexibility index (Phi) is 10.1. The van der Waals surface area contributed by atoms with E-state index in [0.717, 1.165) is 0 Å². The van der Waals surface area contributed by atoms with Crippen molar-refractivity contribution in [1.82, 2.24) is 12.3 Å². The van der Waals surface area contributed by atoms with Crippen LogP contribution < -0.4 is 12.3 Å². The van der Waals surface area contributed by atoms with Gasteiger partial charge in [0.2, 0.25) is 0 Å². The van der Waals surface area contributed by atoms with E-state index < -0.39 is 33.7 Å². The van der Waals surface area contributed by atoms with Crippen LogP contribution >= 0.6 is 0 Å². The highest BCUT2D eigenvalue weighted by atomic mass is 32.2. The fourth-order valence-corrected chi connectivity index (χ4v) is 1.37. The summed E-state index contributed by atoms with van der Waals surface area (Å²) >= 11 is 0. The minimum absolute atomic E-state index is 0. The second-order valence-corrected chi connectivity index (χ2v) is 3.95. The summed E-state index contributed by atoms with van der Waals surface area (Å²) in [6.07, 6.45) is -1.02. The summed E-state index contributed by atoms with van der Waals surface area (Å²) in [6.45, 7) is 1.34. The molecule has 9 nitrogen and oxygen atoms in total. The second-order valence-electron chi connectivity index (χ2n) is 2.35. The highest BCUT2D eigenvalue weighted by Crippen LogP contribution is 2.06. The van der Waals surface area contributed by atoms with Gasteiger partial charge in [-0.2, -0.15) is 8.42 Å². The summed E-state index contributed by atoms with van der Waals surface area (Å²) < 4.78 is 34.0. The van der Waals surface area contributed by atoms with E-state index in [9.17, 15) is 18.0 Å². The number of aliphatic carboxylic acids is 1. The van der Waals surface area contributed by atoms with Crippen LogP contribution in [0.1, 0.15) is 13.3 Å². The molecule has 10 heteroatoms. The van der Waals surface area contributed by atoms with E-state index in [4.69, 9.17) is 9.66 Å². The molecule has 1 unspecified atom stereocenters. The summed E-state index contributed by atoms with van der Waals surface area (Å²) in [4.78, 5) is 21.1. The molecular formula is C6H16N2O7S. The third kappa shape index (κ3) is 7.11. The van der Waals surface area contributed by atoms with E-state index in [1.165, 1.54) is 6.92 Å². The van der Waals surface area contributed by atoms with Crippen LogP contribution in [0, 0.1) is 0 Å². The summed E-state index contributed by atoms with van der Waals surface area (Å²) in [7, 11) is -4.74. The number of hydrogen-bond acceptors (Lipinski definition) is 7. The van der Waals surface area contributed by atoms with Crippen molar-refractivity contribution in [3.8, 4) is 0 Å². The van der Waals surface area contributed by atoms with Crippen LogP contribution in [-0.2, 0) is 24.4 Å². The van der Waals surface area contributed by atoms with Crippen LogP contribution in [-0.4, -0.2) is 41.9 Å². The summed E-state index contributed by atoms with van der Waals surface area (Å²) in [5, 5.41) is 6.23. The number of rotatable bonds is 5. The van der Waals surface area contributed by atoms with Crippen molar-refractivity contribution in [2.45, 2.75) is 18.6 Å². The van der Waals surface area contributed by atoms with Gasteiger partial charge >= 0.3 is 11.9 Å². The van der Waals surface area contributed by atoms with Crippen LogP contribution in [0.25, 0.3) is 0 Å². The van der Waals surface area contributed by atoms with Gasteiger partial charge in [-0.15, -0.1) is 0 Å². The third-order valence-corrected chi connectivity index (χ3v) is 2.35. The Morgan fingerprint density at radius 1 is 1.31 bits per heavy atom. The predicted octanol–water partition coefficient (Wildman–Crippen LogP) is -0.395. The molecule has 0 aliphatic heterocycles. The molecular weight excluding hydrogens is 244 g/mol. The molecule has 98 valence electrons. The zero-order valence-electron chi connectivity index (χ0n) is 8.75. The molecule has 0 aliphatic carbocycles. The molecule has 0 spiro atoms. The van der Waals surface area contributed by atoms with E-state index in [0.29, 0.717) is 0 Å². The SMILES string of the molecule is CCOC(=O)C(CC(=O)O)S(=O)(=O)O.N.N. The Morgan fingerprint density at radius 2 is 1.75 bits per heavy atom. The zero-order chi connectivity index (χ0) is 11.4. The molecule has 0 rings (SSSR count). The largest absolute Gasteiger partial charge is 0.481 e. The van der Waals surface area contributed by atoms with Crippen molar-refractivity contribution in [3.05, 3.63) is 0 Å². The number of carboxylic acids is 1. The first-order valence-electron chi connectivity index (χ1n) is 3.63. The lowest BCUT2D eigenvalue weighted by Crippen LogP contribution is -2.33. The normalized spacial score (nSPS) is 11.6. The maximum atomic E-state index is 10.9. The molecule has 0 amide bonds. The van der Waals surface area contributed by atoms with Crippen LogP contribution in [0.5, 0.6) is 0 Å². The predicted molar refractivity (Wildman–Crippen MR) is 54.3 cm³/mol. The van der Waals surface area contributed by atoms with Crippen molar-refractivity contribution in [1.29, 1.82) is 0 Å². The highest BCUT2D eigenvalue weighted by molar-refractivity contribution is 7.87. The molecule has 0 radical (unpaired) electrons. The number of carboxylic acid groups (broad SMARTS) is 1. The molecule has 0 heterocycles. The van der Waals surface area contributed by atoms with Crippen LogP contribution in [0.2, 0.25) is 0 Å². The van der Waals surface area contributed by atoms with Gasteiger partial charge in [-0.25, -0.2) is 0 Å². The molecule has 1 atom stereocenters. The van der Waals surface area contributed by atoms with Gasteiger partial charge in [0.05, 0.1) is 13.0 Å². The third-order valence-electron chi connectivity index (χ3n) is 1.27. The number of carbonyl (C=O) groups excluding carboxylic acids is 1. The standard InChI is InChI=1S/C6H10O7S.2H3N/c1-2-13-6(9)4(3-5(7)8)14(10,11)12;;/h4H,2-3H2,1H3,(H,7,8)(H,10,11,12);2*1H3. The molecule has 0 aromatic heterocycles. The Hall–Kier alpha value is -1.23. The summed E-state index contributed by atoms with van der Waals surface area (Å²) in [5.41, 5.74) is 0.